The maximum atomic E-state index is 11.8. The molecule has 3 heterocycles. The molecule has 8 atom stereocenters. The van der Waals surface area contributed by atoms with E-state index in [-0.39, 0.29) is 103 Å². The molecule has 0 aliphatic carbocycles. The summed E-state index contributed by atoms with van der Waals surface area (Å²) in [5.41, 5.74) is 0. The standard InChI is InChI=1S/C8H19N2O2P.C8H18N2O2P.C6H12NO.2Y/c2*1-7-5-10(6-8(2)12-7)13(11)9(3)4;1-5-3-7-4-6(2)8-5;;/h7-8,13H,5-6H2,1-4H3;7-8,13H,1,5-6H2,2-4H3;5-7H,1,3-4H2,2H3;;/q;2*-1;;/i1T;;;;. The van der Waals surface area contributed by atoms with Crippen LogP contribution in [-0.2, 0) is 88.8 Å². The van der Waals surface area contributed by atoms with Crippen molar-refractivity contribution in [1.82, 2.24) is 24.0 Å². The largest absolute Gasteiger partial charge is 0.405 e. The van der Waals surface area contributed by atoms with Crippen LogP contribution in [0.3, 0.4) is 0 Å². The molecule has 2 radical (unpaired) electrons. The summed E-state index contributed by atoms with van der Waals surface area (Å²) in [6.07, 6.45) is 0.549. The Labute approximate surface area is 273 Å². The zero-order valence-electron chi connectivity index (χ0n) is 24.3. The summed E-state index contributed by atoms with van der Waals surface area (Å²) in [5, 5.41) is 3.20. The van der Waals surface area contributed by atoms with E-state index in [0.29, 0.717) is 25.7 Å². The summed E-state index contributed by atoms with van der Waals surface area (Å²) in [7, 11) is 3.69. The second kappa shape index (κ2) is 21.1. The van der Waals surface area contributed by atoms with Crippen molar-refractivity contribution >= 4 is 16.2 Å². The number of hydrogen-bond donors (Lipinski definition) is 1. The van der Waals surface area contributed by atoms with E-state index in [1.165, 1.54) is 0 Å². The molecule has 10 nitrogen and oxygen atoms in total. The van der Waals surface area contributed by atoms with Crippen molar-refractivity contribution in [2.75, 3.05) is 67.5 Å². The van der Waals surface area contributed by atoms with E-state index >= 15 is 0 Å². The van der Waals surface area contributed by atoms with Crippen LogP contribution in [-0.4, -0.2) is 123 Å². The first kappa shape index (κ1) is 38.3. The maximum absolute atomic E-state index is 11.8. The van der Waals surface area contributed by atoms with E-state index in [0.717, 1.165) is 19.6 Å². The fourth-order valence-electron chi connectivity index (χ4n) is 3.84. The smallest absolute Gasteiger partial charge is 0.204 e. The van der Waals surface area contributed by atoms with Gasteiger partial charge in [0.15, 0.2) is 0 Å². The minimum absolute atomic E-state index is 0. The summed E-state index contributed by atoms with van der Waals surface area (Å²) >= 11 is 0. The van der Waals surface area contributed by atoms with Crippen molar-refractivity contribution in [2.24, 2.45) is 0 Å². The molecule has 14 heteroatoms. The van der Waals surface area contributed by atoms with Crippen molar-refractivity contribution in [2.45, 2.75) is 64.3 Å². The van der Waals surface area contributed by atoms with Gasteiger partial charge in [0.1, 0.15) is 0 Å². The Morgan fingerprint density at radius 2 is 1.19 bits per heavy atom. The molecule has 3 saturated heterocycles. The first-order valence-electron chi connectivity index (χ1n) is 12.6. The van der Waals surface area contributed by atoms with E-state index in [1.807, 2.05) is 58.3 Å². The zero-order valence-corrected chi connectivity index (χ0v) is 31.0. The van der Waals surface area contributed by atoms with Gasteiger partial charge in [-0.15, -0.1) is 0 Å². The Hall–Kier alpha value is 2.35. The number of morpholine rings is 3. The topological polar surface area (TPSA) is 86.8 Å². The number of ether oxygens (including phenoxy) is 3. The van der Waals surface area contributed by atoms with Gasteiger partial charge in [-0.25, -0.2) is 18.7 Å². The SMILES string of the molecule is [3H]CC1CN([PH](=O)N(C)C)CC(C)O1.[CH2-]C1CN([PH](=O)N(C)C)CC(C)O1.[CH2-]C1CNCC(C)O1.[Y].[Y]. The van der Waals surface area contributed by atoms with Crippen LogP contribution in [0.2, 0.25) is 0 Å². The zero-order chi connectivity index (χ0) is 26.7. The van der Waals surface area contributed by atoms with Crippen LogP contribution in [0.5, 0.6) is 0 Å². The van der Waals surface area contributed by atoms with E-state index in [1.54, 1.807) is 9.34 Å². The molecule has 0 spiro atoms. The van der Waals surface area contributed by atoms with E-state index in [4.69, 9.17) is 15.6 Å². The number of nitrogens with one attached hydrogen (secondary N) is 1. The quantitative estimate of drug-likeness (QED) is 0.347. The number of nitrogens with zero attached hydrogens (tertiary/aromatic N) is 4. The summed E-state index contributed by atoms with van der Waals surface area (Å²) in [5.74, 6) is 0. The molecule has 0 aromatic rings. The van der Waals surface area contributed by atoms with Gasteiger partial charge < -0.3 is 33.4 Å². The maximum Gasteiger partial charge on any atom is 0.204 e. The van der Waals surface area contributed by atoms with Crippen LogP contribution in [0.1, 0.15) is 29.0 Å². The molecule has 36 heavy (non-hydrogen) atoms. The minimum Gasteiger partial charge on any atom is -0.405 e. The predicted molar refractivity (Wildman–Crippen MR) is 141 cm³/mol. The average Bonchev–Trinajstić information content (AvgIpc) is 2.77. The van der Waals surface area contributed by atoms with Crippen molar-refractivity contribution in [1.29, 1.82) is 0 Å². The molecular weight excluding hydrogens is 654 g/mol. The molecule has 3 aliphatic heterocycles. The van der Waals surface area contributed by atoms with Gasteiger partial charge in [-0.1, -0.05) is 12.2 Å². The summed E-state index contributed by atoms with van der Waals surface area (Å²) in [4.78, 5) is 0. The van der Waals surface area contributed by atoms with Gasteiger partial charge in [0.05, 0.1) is 24.4 Å². The molecule has 0 aromatic heterocycles. The van der Waals surface area contributed by atoms with Gasteiger partial charge in [0, 0.05) is 99.5 Å². The minimum atomic E-state index is -1.83. The van der Waals surface area contributed by atoms with Crippen molar-refractivity contribution in [3.05, 3.63) is 13.8 Å². The third kappa shape index (κ3) is 16.6. The Morgan fingerprint density at radius 1 is 0.750 bits per heavy atom. The molecule has 0 saturated carbocycles. The van der Waals surface area contributed by atoms with Crippen molar-refractivity contribution < 1.29 is 90.1 Å². The molecule has 0 amide bonds. The van der Waals surface area contributed by atoms with Gasteiger partial charge in [0.2, 0.25) is 16.2 Å². The van der Waals surface area contributed by atoms with Crippen LogP contribution in [0.15, 0.2) is 0 Å². The predicted octanol–water partition coefficient (Wildman–Crippen LogP) is 2.10. The average molecular weight is 705 g/mol. The third-order valence-corrected chi connectivity index (χ3v) is 8.53. The molecule has 0 aromatic carbocycles. The first-order valence-corrected chi connectivity index (χ1v) is 14.5. The summed E-state index contributed by atoms with van der Waals surface area (Å²) < 4.78 is 54.5. The fourth-order valence-corrected chi connectivity index (χ4v) is 6.52. The van der Waals surface area contributed by atoms with Gasteiger partial charge in [0.25, 0.3) is 0 Å². The fraction of sp³-hybridized carbons (Fsp3) is 0.909. The second-order valence-electron chi connectivity index (χ2n) is 9.53. The number of hydrogen-bond acceptors (Lipinski definition) is 6. The van der Waals surface area contributed by atoms with Crippen LogP contribution in [0.25, 0.3) is 0 Å². The van der Waals surface area contributed by atoms with Crippen molar-refractivity contribution in [3.8, 4) is 0 Å². The Morgan fingerprint density at radius 3 is 1.58 bits per heavy atom. The molecule has 0 bridgehead atoms. The van der Waals surface area contributed by atoms with Crippen LogP contribution < -0.4 is 5.32 Å². The summed E-state index contributed by atoms with van der Waals surface area (Å²) in [6, 6.07) is 0. The Kier molecular flexibility index (Phi) is 22.5. The number of rotatable bonds is 4. The van der Waals surface area contributed by atoms with Gasteiger partial charge in [-0.2, -0.15) is 0 Å². The van der Waals surface area contributed by atoms with Crippen molar-refractivity contribution in [3.63, 3.8) is 0 Å². The van der Waals surface area contributed by atoms with Crippen LogP contribution >= 0.6 is 16.2 Å². The molecular formula is C22H49N5O5P2Y2-2. The molecule has 1 N–H and O–H groups in total. The van der Waals surface area contributed by atoms with E-state index < -0.39 is 16.2 Å². The molecule has 210 valence electrons. The van der Waals surface area contributed by atoms with Crippen LogP contribution in [0, 0.1) is 13.8 Å². The van der Waals surface area contributed by atoms with E-state index in [2.05, 4.69) is 19.2 Å². The summed E-state index contributed by atoms with van der Waals surface area (Å²) in [6.45, 7) is 18.4. The third-order valence-electron chi connectivity index (χ3n) is 5.19. The molecule has 3 fully saturated rings. The van der Waals surface area contributed by atoms with E-state index in [9.17, 15) is 9.13 Å². The van der Waals surface area contributed by atoms with Gasteiger partial charge in [-0.05, 0) is 62.4 Å². The molecule has 3 aliphatic rings. The van der Waals surface area contributed by atoms with Gasteiger partial charge >= 0.3 is 0 Å². The Balaban J connectivity index is 0. The second-order valence-corrected chi connectivity index (χ2v) is 13.7. The molecule has 3 rings (SSSR count). The molecule has 8 unspecified atom stereocenters. The van der Waals surface area contributed by atoms with Gasteiger partial charge in [-0.3, -0.25) is 9.13 Å². The van der Waals surface area contributed by atoms with Crippen LogP contribution in [0.4, 0.5) is 0 Å². The Bertz CT molecular complexity index is 645. The normalized spacial score (nSPS) is 33.5. The monoisotopic (exact) mass is 705 g/mol. The first-order chi connectivity index (χ1) is 16.3.